The van der Waals surface area contributed by atoms with Crippen LogP contribution in [0.15, 0.2) is 12.1 Å². The molecule has 1 aromatic carbocycles. The average Bonchev–Trinajstić information content (AvgIpc) is 2.65. The molecule has 0 spiro atoms. The van der Waals surface area contributed by atoms with Crippen molar-refractivity contribution < 1.29 is 4.79 Å². The van der Waals surface area contributed by atoms with Crippen LogP contribution in [0, 0.1) is 12.8 Å². The number of aryl methyl sites for hydroxylation is 1. The average molecular weight is 337 g/mol. The van der Waals surface area contributed by atoms with E-state index in [0.717, 1.165) is 16.6 Å². The molecule has 1 amide bonds. The largest absolute Gasteiger partial charge is 0.311 e. The molecule has 92 valence electrons. The Balaban J connectivity index is 2.35. The zero-order valence-electron chi connectivity index (χ0n) is 9.34. The van der Waals surface area contributed by atoms with Gasteiger partial charge in [-0.15, -0.1) is 0 Å². The molecule has 0 aromatic heterocycles. The first kappa shape index (κ1) is 13.2. The third kappa shape index (κ3) is 2.61. The fraction of sp³-hybridized carbons (Fsp3) is 0.417. The Morgan fingerprint density at radius 1 is 1.41 bits per heavy atom. The zero-order valence-corrected chi connectivity index (χ0v) is 12.4. The van der Waals surface area contributed by atoms with Gasteiger partial charge in [0.2, 0.25) is 5.91 Å². The van der Waals surface area contributed by atoms with Gasteiger partial charge in [-0.1, -0.05) is 39.1 Å². The van der Waals surface area contributed by atoms with Gasteiger partial charge in [-0.05, 0) is 30.5 Å². The van der Waals surface area contributed by atoms with Gasteiger partial charge in [0, 0.05) is 23.3 Å². The van der Waals surface area contributed by atoms with Crippen LogP contribution in [0.25, 0.3) is 0 Å². The maximum atomic E-state index is 11.9. The summed E-state index contributed by atoms with van der Waals surface area (Å²) in [4.78, 5) is 13.7. The molecule has 1 atom stereocenters. The highest BCUT2D eigenvalue weighted by molar-refractivity contribution is 9.09. The number of benzene rings is 1. The molecule has 1 aliphatic heterocycles. The van der Waals surface area contributed by atoms with Gasteiger partial charge in [-0.3, -0.25) is 4.79 Å². The van der Waals surface area contributed by atoms with Crippen molar-refractivity contribution in [2.45, 2.75) is 13.3 Å². The fourth-order valence-corrected chi connectivity index (χ4v) is 2.89. The second kappa shape index (κ2) is 5.17. The molecule has 0 radical (unpaired) electrons. The van der Waals surface area contributed by atoms with E-state index in [1.165, 1.54) is 0 Å². The summed E-state index contributed by atoms with van der Waals surface area (Å²) in [5.41, 5.74) is 1.70. The lowest BCUT2D eigenvalue weighted by Crippen LogP contribution is -2.25. The molecule has 2 rings (SSSR count). The normalized spacial score (nSPS) is 20.1. The van der Waals surface area contributed by atoms with Crippen molar-refractivity contribution in [1.82, 2.24) is 0 Å². The van der Waals surface area contributed by atoms with Crippen LogP contribution in [0.2, 0.25) is 10.0 Å². The van der Waals surface area contributed by atoms with Crippen molar-refractivity contribution in [3.05, 3.63) is 27.7 Å². The maximum Gasteiger partial charge on any atom is 0.227 e. The van der Waals surface area contributed by atoms with Gasteiger partial charge in [0.05, 0.1) is 10.7 Å². The zero-order chi connectivity index (χ0) is 12.6. The number of halogens is 3. The first-order valence-corrected chi connectivity index (χ1v) is 7.22. The minimum absolute atomic E-state index is 0.123. The molecule has 1 heterocycles. The minimum Gasteiger partial charge on any atom is -0.311 e. The molecule has 2 nitrogen and oxygen atoms in total. The molecule has 17 heavy (non-hydrogen) atoms. The summed E-state index contributed by atoms with van der Waals surface area (Å²) < 4.78 is 0. The lowest BCUT2D eigenvalue weighted by molar-refractivity contribution is -0.117. The van der Waals surface area contributed by atoms with E-state index in [-0.39, 0.29) is 5.91 Å². The van der Waals surface area contributed by atoms with Gasteiger partial charge in [-0.25, -0.2) is 0 Å². The van der Waals surface area contributed by atoms with Gasteiger partial charge in [0.1, 0.15) is 0 Å². The standard InChI is InChI=1S/C12H12BrCl2NO/c1-7-2-11(10(15)4-9(7)14)16-6-8(5-13)3-12(16)17/h2,4,8H,3,5-6H2,1H3. The molecule has 1 saturated heterocycles. The van der Waals surface area contributed by atoms with E-state index in [2.05, 4.69) is 15.9 Å². The number of carbonyl (C=O) groups is 1. The van der Waals surface area contributed by atoms with E-state index in [9.17, 15) is 4.79 Å². The van der Waals surface area contributed by atoms with Gasteiger partial charge in [0.15, 0.2) is 0 Å². The summed E-state index contributed by atoms with van der Waals surface area (Å²) in [6.07, 6.45) is 0.573. The van der Waals surface area contributed by atoms with E-state index in [1.54, 1.807) is 11.0 Å². The summed E-state index contributed by atoms with van der Waals surface area (Å²) in [5, 5.41) is 1.99. The fourth-order valence-electron chi connectivity index (χ4n) is 1.97. The highest BCUT2D eigenvalue weighted by Gasteiger charge is 2.31. The molecular formula is C12H12BrCl2NO. The topological polar surface area (TPSA) is 20.3 Å². The van der Waals surface area contributed by atoms with Crippen molar-refractivity contribution >= 4 is 50.7 Å². The Morgan fingerprint density at radius 3 is 2.71 bits per heavy atom. The quantitative estimate of drug-likeness (QED) is 0.746. The maximum absolute atomic E-state index is 11.9. The summed E-state index contributed by atoms with van der Waals surface area (Å²) in [6, 6.07) is 3.57. The van der Waals surface area contributed by atoms with Gasteiger partial charge in [-0.2, -0.15) is 0 Å². The number of hydrogen-bond acceptors (Lipinski definition) is 1. The van der Waals surface area contributed by atoms with E-state index in [4.69, 9.17) is 23.2 Å². The molecule has 0 bridgehead atoms. The van der Waals surface area contributed by atoms with Crippen LogP contribution in [0.3, 0.4) is 0 Å². The summed E-state index contributed by atoms with van der Waals surface area (Å²) in [7, 11) is 0. The van der Waals surface area contributed by atoms with Crippen LogP contribution >= 0.6 is 39.1 Å². The van der Waals surface area contributed by atoms with E-state index in [1.807, 2.05) is 13.0 Å². The number of amides is 1. The van der Waals surface area contributed by atoms with Crippen LogP contribution < -0.4 is 4.90 Å². The van der Waals surface area contributed by atoms with Crippen molar-refractivity contribution in [3.63, 3.8) is 0 Å². The minimum atomic E-state index is 0.123. The predicted octanol–water partition coefficient (Wildman–Crippen LogP) is 4.05. The van der Waals surface area contributed by atoms with Crippen LogP contribution in [-0.4, -0.2) is 17.8 Å². The second-order valence-corrected chi connectivity index (χ2v) is 5.74. The number of anilines is 1. The van der Waals surface area contributed by atoms with Crippen LogP contribution in [0.5, 0.6) is 0 Å². The molecule has 1 fully saturated rings. The van der Waals surface area contributed by atoms with Crippen LogP contribution in [0.4, 0.5) is 5.69 Å². The summed E-state index contributed by atoms with van der Waals surface area (Å²) >= 11 is 15.6. The first-order valence-electron chi connectivity index (χ1n) is 5.35. The van der Waals surface area contributed by atoms with E-state index in [0.29, 0.717) is 28.9 Å². The Hall–Kier alpha value is -0.250. The highest BCUT2D eigenvalue weighted by Crippen LogP contribution is 2.35. The highest BCUT2D eigenvalue weighted by atomic mass is 79.9. The lowest BCUT2D eigenvalue weighted by atomic mass is 10.1. The van der Waals surface area contributed by atoms with Crippen molar-refractivity contribution in [1.29, 1.82) is 0 Å². The second-order valence-electron chi connectivity index (χ2n) is 4.28. The molecule has 5 heteroatoms. The third-order valence-electron chi connectivity index (χ3n) is 2.94. The number of rotatable bonds is 2. The van der Waals surface area contributed by atoms with E-state index < -0.39 is 0 Å². The molecule has 0 saturated carbocycles. The lowest BCUT2D eigenvalue weighted by Gasteiger charge is -2.19. The van der Waals surface area contributed by atoms with Crippen molar-refractivity contribution in [2.24, 2.45) is 5.92 Å². The molecule has 1 unspecified atom stereocenters. The Labute approximate surface area is 119 Å². The number of alkyl halides is 1. The predicted molar refractivity (Wildman–Crippen MR) is 75.5 cm³/mol. The molecule has 1 aliphatic rings. The Kier molecular flexibility index (Phi) is 4.01. The monoisotopic (exact) mass is 335 g/mol. The summed E-state index contributed by atoms with van der Waals surface area (Å²) in [5.74, 6) is 0.479. The smallest absolute Gasteiger partial charge is 0.227 e. The van der Waals surface area contributed by atoms with E-state index >= 15 is 0 Å². The molecular weight excluding hydrogens is 325 g/mol. The molecule has 0 N–H and O–H groups in total. The van der Waals surface area contributed by atoms with Gasteiger partial charge < -0.3 is 4.90 Å². The van der Waals surface area contributed by atoms with Gasteiger partial charge >= 0.3 is 0 Å². The van der Waals surface area contributed by atoms with Gasteiger partial charge in [0.25, 0.3) is 0 Å². The molecule has 1 aromatic rings. The molecule has 0 aliphatic carbocycles. The van der Waals surface area contributed by atoms with Crippen LogP contribution in [-0.2, 0) is 4.79 Å². The number of carbonyl (C=O) groups excluding carboxylic acids is 1. The van der Waals surface area contributed by atoms with Crippen molar-refractivity contribution in [3.8, 4) is 0 Å². The summed E-state index contributed by atoms with van der Waals surface area (Å²) in [6.45, 7) is 2.62. The first-order chi connectivity index (χ1) is 8.02. The Bertz CT molecular complexity index is 464. The SMILES string of the molecule is Cc1cc(N2CC(CBr)CC2=O)c(Cl)cc1Cl. The number of nitrogens with zero attached hydrogens (tertiary/aromatic N) is 1. The Morgan fingerprint density at radius 2 is 2.12 bits per heavy atom. The number of hydrogen-bond donors (Lipinski definition) is 0. The van der Waals surface area contributed by atoms with Crippen LogP contribution in [0.1, 0.15) is 12.0 Å². The third-order valence-corrected chi connectivity index (χ3v) is 4.57. The van der Waals surface area contributed by atoms with Crippen molar-refractivity contribution in [2.75, 3.05) is 16.8 Å².